The zero-order valence-corrected chi connectivity index (χ0v) is 28.2. The highest BCUT2D eigenvalue weighted by Crippen LogP contribution is 1.69. The van der Waals surface area contributed by atoms with Crippen LogP contribution in [0.1, 0.15) is 90.0 Å². The van der Waals surface area contributed by atoms with Crippen LogP contribution in [0.25, 0.3) is 0 Å². The number of carboxylic acid groups (broad SMARTS) is 7. The predicted octanol–water partition coefficient (Wildman–Crippen LogP) is 3.29. The van der Waals surface area contributed by atoms with Crippen molar-refractivity contribution in [3.05, 3.63) is 0 Å². The van der Waals surface area contributed by atoms with Crippen LogP contribution in [0.4, 0.5) is 0 Å². The molecule has 0 aliphatic rings. The molecule has 0 atom stereocenters. The third kappa shape index (κ3) is 7060. The molecule has 0 saturated carbocycles. The number of ether oxygens (including phenoxy) is 3. The molecule has 0 heterocycles. The van der Waals surface area contributed by atoms with E-state index >= 15 is 0 Å². The van der Waals surface area contributed by atoms with Crippen molar-refractivity contribution in [1.29, 1.82) is 0 Å². The standard InChI is InChI=1S/C4H8O2.2C4H10O.7C2H4O2/c1-3-6-4(2)5;2*1-3-5-4-2;7*1-2(3)4/h3H2,1-2H3;2*3-4H2,1-2H3;7*1H3,(H,3,4). The topological polar surface area (TPSA) is 306 Å². The van der Waals surface area contributed by atoms with E-state index in [4.69, 9.17) is 78.8 Å². The molecule has 0 amide bonds. The van der Waals surface area contributed by atoms with Crippen molar-refractivity contribution in [1.82, 2.24) is 0 Å². The molecule has 18 heteroatoms. The second kappa shape index (κ2) is 71.7. The lowest BCUT2D eigenvalue weighted by atomic mass is 10.8. The summed E-state index contributed by atoms with van der Waals surface area (Å²) in [6.45, 7) is 22.6. The highest BCUT2D eigenvalue weighted by Gasteiger charge is 1.81. The maximum atomic E-state index is 9.82. The molecular formula is C26H56O18. The van der Waals surface area contributed by atoms with E-state index < -0.39 is 41.8 Å². The molecule has 0 bridgehead atoms. The van der Waals surface area contributed by atoms with Crippen LogP contribution in [0.2, 0.25) is 0 Å². The molecule has 0 saturated heterocycles. The molecule has 0 spiro atoms. The van der Waals surface area contributed by atoms with Gasteiger partial charge in [-0.25, -0.2) is 0 Å². The average molecular weight is 657 g/mol. The normalized spacial score (nSPS) is 6.93. The van der Waals surface area contributed by atoms with Crippen LogP contribution in [0.3, 0.4) is 0 Å². The lowest BCUT2D eigenvalue weighted by molar-refractivity contribution is -0.140. The Morgan fingerprint density at radius 2 is 0.455 bits per heavy atom. The van der Waals surface area contributed by atoms with Crippen LogP contribution in [0, 0.1) is 0 Å². The Bertz CT molecular complexity index is 505. The van der Waals surface area contributed by atoms with Gasteiger partial charge in [0.15, 0.2) is 0 Å². The molecule has 44 heavy (non-hydrogen) atoms. The summed E-state index contributed by atoms with van der Waals surface area (Å²) in [6, 6.07) is 0. The molecule has 0 fully saturated rings. The first-order valence-corrected chi connectivity index (χ1v) is 12.4. The van der Waals surface area contributed by atoms with Gasteiger partial charge in [-0.3, -0.25) is 38.4 Å². The summed E-state index contributed by atoms with van der Waals surface area (Å²) in [7, 11) is 0. The van der Waals surface area contributed by atoms with Gasteiger partial charge in [0.25, 0.3) is 41.8 Å². The summed E-state index contributed by atoms with van der Waals surface area (Å²) in [4.78, 5) is 72.8. The summed E-state index contributed by atoms with van der Waals surface area (Å²) in [5.41, 5.74) is 0. The Balaban J connectivity index is -0.0000000366. The maximum absolute atomic E-state index is 9.82. The van der Waals surface area contributed by atoms with E-state index in [9.17, 15) is 4.79 Å². The lowest BCUT2D eigenvalue weighted by Crippen LogP contribution is -1.95. The second-order valence-electron chi connectivity index (χ2n) is 6.12. The number of hydrogen-bond donors (Lipinski definition) is 7. The van der Waals surface area contributed by atoms with Gasteiger partial charge in [-0.05, 0) is 34.6 Å². The molecule has 0 radical (unpaired) electrons. The van der Waals surface area contributed by atoms with Crippen molar-refractivity contribution in [3.8, 4) is 0 Å². The minimum absolute atomic E-state index is 0.211. The van der Waals surface area contributed by atoms with E-state index in [1.807, 2.05) is 27.7 Å². The third-order valence-electron chi connectivity index (χ3n) is 1.16. The fourth-order valence-electron chi connectivity index (χ4n) is 0.612. The van der Waals surface area contributed by atoms with Crippen LogP contribution >= 0.6 is 0 Å². The molecule has 0 aliphatic carbocycles. The number of carbonyl (C=O) groups is 8. The van der Waals surface area contributed by atoms with Gasteiger partial charge in [0.05, 0.1) is 6.61 Å². The van der Waals surface area contributed by atoms with Gasteiger partial charge in [-0.2, -0.15) is 0 Å². The van der Waals surface area contributed by atoms with E-state index in [0.29, 0.717) is 6.61 Å². The molecule has 0 unspecified atom stereocenters. The van der Waals surface area contributed by atoms with E-state index in [2.05, 4.69) is 4.74 Å². The first-order valence-electron chi connectivity index (χ1n) is 12.4. The molecule has 0 aliphatic heterocycles. The average Bonchev–Trinajstić information content (AvgIpc) is 2.73. The Hall–Kier alpha value is -4.32. The molecule has 0 aromatic heterocycles. The van der Waals surface area contributed by atoms with E-state index in [0.717, 1.165) is 74.9 Å². The molecule has 7 N–H and O–H groups in total. The zero-order chi connectivity index (χ0) is 38.3. The first-order chi connectivity index (χ1) is 19.7. The van der Waals surface area contributed by atoms with Crippen LogP contribution in [-0.2, 0) is 52.6 Å². The minimum atomic E-state index is -0.833. The molecular weight excluding hydrogens is 600 g/mol. The Morgan fingerprint density at radius 1 is 0.341 bits per heavy atom. The first kappa shape index (κ1) is 67.4. The van der Waals surface area contributed by atoms with Crippen molar-refractivity contribution >= 4 is 47.8 Å². The summed E-state index contributed by atoms with van der Waals surface area (Å²) in [5.74, 6) is -6.04. The Morgan fingerprint density at radius 3 is 0.455 bits per heavy atom. The van der Waals surface area contributed by atoms with Gasteiger partial charge in [0.2, 0.25) is 0 Å². The fraction of sp³-hybridized carbons (Fsp3) is 0.692. The summed E-state index contributed by atoms with van der Waals surface area (Å²) < 4.78 is 14.1. The Kier molecular flexibility index (Phi) is 110. The van der Waals surface area contributed by atoms with Crippen molar-refractivity contribution in [2.45, 2.75) is 90.0 Å². The van der Waals surface area contributed by atoms with Crippen LogP contribution < -0.4 is 0 Å². The van der Waals surface area contributed by atoms with Crippen molar-refractivity contribution in [3.63, 3.8) is 0 Å². The molecule has 0 aromatic carbocycles. The van der Waals surface area contributed by atoms with Gasteiger partial charge >= 0.3 is 5.97 Å². The smallest absolute Gasteiger partial charge is 0.302 e. The summed E-state index contributed by atoms with van der Waals surface area (Å²) in [5, 5.41) is 51.9. The number of hydrogen-bond acceptors (Lipinski definition) is 11. The van der Waals surface area contributed by atoms with Gasteiger partial charge in [-0.1, -0.05) is 0 Å². The summed E-state index contributed by atoms with van der Waals surface area (Å²) in [6.07, 6.45) is 0. The van der Waals surface area contributed by atoms with E-state index in [1.165, 1.54) is 6.92 Å². The fourth-order valence-corrected chi connectivity index (χ4v) is 0.612. The van der Waals surface area contributed by atoms with E-state index in [-0.39, 0.29) is 5.97 Å². The largest absolute Gasteiger partial charge is 0.481 e. The van der Waals surface area contributed by atoms with Crippen molar-refractivity contribution < 1.29 is 88.3 Å². The zero-order valence-electron chi connectivity index (χ0n) is 28.2. The van der Waals surface area contributed by atoms with Crippen LogP contribution in [0.15, 0.2) is 0 Å². The third-order valence-corrected chi connectivity index (χ3v) is 1.16. The highest BCUT2D eigenvalue weighted by atomic mass is 16.5. The number of carboxylic acids is 7. The minimum Gasteiger partial charge on any atom is -0.481 e. The second-order valence-corrected chi connectivity index (χ2v) is 6.12. The highest BCUT2D eigenvalue weighted by molar-refractivity contribution is 5.66. The molecule has 0 rings (SSSR count). The van der Waals surface area contributed by atoms with Crippen LogP contribution in [-0.4, -0.2) is 117 Å². The SMILES string of the molecule is CC(=O)O.CC(=O)O.CC(=O)O.CC(=O)O.CC(=O)O.CC(=O)O.CC(=O)O.CCOC(C)=O.CCOCC.CCOCC. The lowest BCUT2D eigenvalue weighted by Gasteiger charge is -1.89. The van der Waals surface area contributed by atoms with Gasteiger partial charge in [-0.15, -0.1) is 0 Å². The quantitative estimate of drug-likeness (QED) is 0.209. The molecule has 0 aromatic rings. The summed E-state index contributed by atoms with van der Waals surface area (Å²) >= 11 is 0. The predicted molar refractivity (Wildman–Crippen MR) is 160 cm³/mol. The monoisotopic (exact) mass is 656 g/mol. The maximum Gasteiger partial charge on any atom is 0.302 e. The number of aliphatic carboxylic acids is 7. The van der Waals surface area contributed by atoms with Crippen molar-refractivity contribution in [2.75, 3.05) is 33.0 Å². The van der Waals surface area contributed by atoms with Gasteiger partial charge < -0.3 is 50.0 Å². The van der Waals surface area contributed by atoms with Gasteiger partial charge in [0, 0.05) is 81.8 Å². The Labute approximate surface area is 259 Å². The number of carbonyl (C=O) groups excluding carboxylic acids is 1. The number of rotatable bonds is 5. The van der Waals surface area contributed by atoms with Crippen molar-refractivity contribution in [2.24, 2.45) is 0 Å². The number of esters is 1. The van der Waals surface area contributed by atoms with E-state index in [1.54, 1.807) is 6.92 Å². The van der Waals surface area contributed by atoms with Crippen LogP contribution in [0.5, 0.6) is 0 Å². The molecule has 268 valence electrons. The molecule has 18 nitrogen and oxygen atoms in total. The van der Waals surface area contributed by atoms with Gasteiger partial charge in [0.1, 0.15) is 0 Å².